The topological polar surface area (TPSA) is 78.5 Å². The number of nitrogens with one attached hydrogen (secondary N) is 2. The van der Waals surface area contributed by atoms with Crippen molar-refractivity contribution in [2.45, 2.75) is 4.90 Å². The van der Waals surface area contributed by atoms with E-state index < -0.39 is 15.8 Å². The first-order valence-corrected chi connectivity index (χ1v) is 9.08. The van der Waals surface area contributed by atoms with Crippen LogP contribution < -0.4 is 10.0 Å². The van der Waals surface area contributed by atoms with Gasteiger partial charge in [-0.3, -0.25) is 9.52 Å². The third-order valence-electron chi connectivity index (χ3n) is 3.39. The number of likely N-dealkylation sites (N-methyl/N-ethyl adjacent to an activating group) is 1. The maximum atomic E-state index is 13.6. The summed E-state index contributed by atoms with van der Waals surface area (Å²) >= 11 is 0. The fourth-order valence-electron chi connectivity index (χ4n) is 2.03. The number of carbonyl (C=O) groups is 1. The van der Waals surface area contributed by atoms with Crippen LogP contribution in [0, 0.1) is 5.82 Å². The lowest BCUT2D eigenvalue weighted by Crippen LogP contribution is -2.31. The van der Waals surface area contributed by atoms with Gasteiger partial charge in [0, 0.05) is 18.7 Å². The molecule has 2 N–H and O–H groups in total. The van der Waals surface area contributed by atoms with Gasteiger partial charge >= 0.3 is 0 Å². The number of benzene rings is 2. The molecule has 134 valence electrons. The third kappa shape index (κ3) is 5.27. The number of nitrogens with zero attached hydrogens (tertiary/aromatic N) is 1. The Balaban J connectivity index is 2.08. The van der Waals surface area contributed by atoms with Crippen LogP contribution in [0.4, 0.5) is 10.1 Å². The summed E-state index contributed by atoms with van der Waals surface area (Å²) in [4.78, 5) is 13.9. The summed E-state index contributed by atoms with van der Waals surface area (Å²) in [6.45, 7) is 1.19. The van der Waals surface area contributed by atoms with E-state index in [1.54, 1.807) is 0 Å². The molecule has 2 rings (SSSR count). The molecule has 1 amide bonds. The van der Waals surface area contributed by atoms with Crippen LogP contribution in [0.2, 0.25) is 0 Å². The van der Waals surface area contributed by atoms with Gasteiger partial charge < -0.3 is 10.2 Å². The van der Waals surface area contributed by atoms with Crippen molar-refractivity contribution < 1.29 is 17.6 Å². The van der Waals surface area contributed by atoms with Crippen LogP contribution in [0.25, 0.3) is 0 Å². The van der Waals surface area contributed by atoms with Gasteiger partial charge in [-0.05, 0) is 50.5 Å². The van der Waals surface area contributed by atoms with Gasteiger partial charge in [-0.1, -0.05) is 12.1 Å². The largest absolute Gasteiger partial charge is 0.351 e. The van der Waals surface area contributed by atoms with Crippen LogP contribution >= 0.6 is 0 Å². The average Bonchev–Trinajstić information content (AvgIpc) is 2.56. The molecule has 0 atom stereocenters. The van der Waals surface area contributed by atoms with Gasteiger partial charge in [-0.15, -0.1) is 0 Å². The molecule has 0 heterocycles. The number of carbonyl (C=O) groups excluding carboxylic acids is 1. The molecular weight excluding hydrogens is 345 g/mol. The van der Waals surface area contributed by atoms with Crippen LogP contribution in [0.15, 0.2) is 53.4 Å². The zero-order valence-corrected chi connectivity index (χ0v) is 14.8. The van der Waals surface area contributed by atoms with E-state index in [1.165, 1.54) is 48.5 Å². The molecule has 0 aliphatic rings. The number of para-hydroxylation sites is 1. The normalized spacial score (nSPS) is 11.4. The quantitative estimate of drug-likeness (QED) is 0.786. The number of sulfonamides is 1. The zero-order valence-electron chi connectivity index (χ0n) is 14.0. The van der Waals surface area contributed by atoms with Gasteiger partial charge in [-0.25, -0.2) is 12.8 Å². The zero-order chi connectivity index (χ0) is 18.4. The van der Waals surface area contributed by atoms with Gasteiger partial charge in [-0.2, -0.15) is 0 Å². The fourth-order valence-corrected chi connectivity index (χ4v) is 3.10. The van der Waals surface area contributed by atoms with Crippen LogP contribution in [0.1, 0.15) is 10.4 Å². The summed E-state index contributed by atoms with van der Waals surface area (Å²) in [6, 6.07) is 11.0. The van der Waals surface area contributed by atoms with E-state index in [1.807, 2.05) is 19.0 Å². The summed E-state index contributed by atoms with van der Waals surface area (Å²) in [6.07, 6.45) is 0. The van der Waals surface area contributed by atoms with E-state index in [4.69, 9.17) is 0 Å². The minimum Gasteiger partial charge on any atom is -0.351 e. The molecule has 0 saturated carbocycles. The Hall–Kier alpha value is -2.45. The van der Waals surface area contributed by atoms with Crippen molar-refractivity contribution in [3.8, 4) is 0 Å². The number of hydrogen-bond acceptors (Lipinski definition) is 4. The highest BCUT2D eigenvalue weighted by Crippen LogP contribution is 2.19. The summed E-state index contributed by atoms with van der Waals surface area (Å²) < 4.78 is 40.4. The second kappa shape index (κ2) is 8.09. The predicted octanol–water partition coefficient (Wildman–Crippen LogP) is 1.92. The highest BCUT2D eigenvalue weighted by Gasteiger charge is 2.16. The maximum Gasteiger partial charge on any atom is 0.261 e. The number of halogens is 1. The first kappa shape index (κ1) is 18.9. The molecule has 0 aromatic heterocycles. The highest BCUT2D eigenvalue weighted by atomic mass is 32.2. The monoisotopic (exact) mass is 365 g/mol. The molecule has 6 nitrogen and oxygen atoms in total. The minimum absolute atomic E-state index is 0.0550. The van der Waals surface area contributed by atoms with Crippen molar-refractivity contribution in [3.63, 3.8) is 0 Å². The van der Waals surface area contributed by atoms with Crippen molar-refractivity contribution >= 4 is 21.6 Å². The molecule has 0 aliphatic heterocycles. The van der Waals surface area contributed by atoms with E-state index in [9.17, 15) is 17.6 Å². The second-order valence-electron chi connectivity index (χ2n) is 5.67. The third-order valence-corrected chi connectivity index (χ3v) is 4.77. The maximum absolute atomic E-state index is 13.6. The first-order valence-electron chi connectivity index (χ1n) is 7.60. The number of anilines is 1. The molecular formula is C17H20FN3O3S. The van der Waals surface area contributed by atoms with Crippen molar-refractivity contribution in [2.24, 2.45) is 0 Å². The molecule has 2 aromatic rings. The van der Waals surface area contributed by atoms with Crippen LogP contribution in [0.3, 0.4) is 0 Å². The lowest BCUT2D eigenvalue weighted by atomic mass is 10.2. The molecule has 0 saturated heterocycles. The Morgan fingerprint density at radius 3 is 2.32 bits per heavy atom. The summed E-state index contributed by atoms with van der Waals surface area (Å²) in [5, 5.41) is 2.74. The Morgan fingerprint density at radius 2 is 1.72 bits per heavy atom. The minimum atomic E-state index is -3.93. The molecule has 25 heavy (non-hydrogen) atoms. The number of rotatable bonds is 7. The van der Waals surface area contributed by atoms with Crippen molar-refractivity contribution in [1.29, 1.82) is 0 Å². The second-order valence-corrected chi connectivity index (χ2v) is 7.35. The molecule has 8 heteroatoms. The smallest absolute Gasteiger partial charge is 0.261 e. The average molecular weight is 365 g/mol. The molecule has 0 unspecified atom stereocenters. The van der Waals surface area contributed by atoms with E-state index in [0.29, 0.717) is 18.7 Å². The Kier molecular flexibility index (Phi) is 6.11. The van der Waals surface area contributed by atoms with Crippen molar-refractivity contribution in [2.75, 3.05) is 31.9 Å². The van der Waals surface area contributed by atoms with Crippen molar-refractivity contribution in [1.82, 2.24) is 10.2 Å². The van der Waals surface area contributed by atoms with Gasteiger partial charge in [0.1, 0.15) is 5.82 Å². The summed E-state index contributed by atoms with van der Waals surface area (Å²) in [7, 11) is -0.140. The lowest BCUT2D eigenvalue weighted by Gasteiger charge is -2.11. The van der Waals surface area contributed by atoms with Gasteiger partial charge in [0.05, 0.1) is 10.6 Å². The number of amides is 1. The van der Waals surface area contributed by atoms with Gasteiger partial charge in [0.15, 0.2) is 0 Å². The van der Waals surface area contributed by atoms with Crippen LogP contribution in [-0.4, -0.2) is 46.4 Å². The van der Waals surface area contributed by atoms with Gasteiger partial charge in [0.2, 0.25) is 0 Å². The summed E-state index contributed by atoms with van der Waals surface area (Å²) in [5.41, 5.74) is 0.219. The molecule has 2 aromatic carbocycles. The Labute approximate surface area is 146 Å². The SMILES string of the molecule is CN(C)CCNC(=O)c1ccc(S(=O)(=O)Nc2ccccc2F)cc1. The molecule has 0 radical (unpaired) electrons. The highest BCUT2D eigenvalue weighted by molar-refractivity contribution is 7.92. The van der Waals surface area contributed by atoms with E-state index in [0.717, 1.165) is 0 Å². The van der Waals surface area contributed by atoms with E-state index >= 15 is 0 Å². The predicted molar refractivity (Wildman–Crippen MR) is 94.5 cm³/mol. The van der Waals surface area contributed by atoms with E-state index in [2.05, 4.69) is 10.0 Å². The van der Waals surface area contributed by atoms with E-state index in [-0.39, 0.29) is 16.5 Å². The first-order chi connectivity index (χ1) is 11.8. The van der Waals surface area contributed by atoms with Crippen molar-refractivity contribution in [3.05, 3.63) is 59.9 Å². The van der Waals surface area contributed by atoms with Crippen LogP contribution in [0.5, 0.6) is 0 Å². The number of hydrogen-bond donors (Lipinski definition) is 2. The molecule has 0 aliphatic carbocycles. The molecule has 0 bridgehead atoms. The van der Waals surface area contributed by atoms with Gasteiger partial charge in [0.25, 0.3) is 15.9 Å². The fraction of sp³-hybridized carbons (Fsp3) is 0.235. The lowest BCUT2D eigenvalue weighted by molar-refractivity contribution is 0.0951. The molecule has 0 fully saturated rings. The van der Waals surface area contributed by atoms with Crippen LogP contribution in [-0.2, 0) is 10.0 Å². The molecule has 0 spiro atoms. The standard InChI is InChI=1S/C17H20FN3O3S/c1-21(2)12-11-19-17(22)13-7-9-14(10-8-13)25(23,24)20-16-6-4-3-5-15(16)18/h3-10,20H,11-12H2,1-2H3,(H,19,22). The summed E-state index contributed by atoms with van der Waals surface area (Å²) in [5.74, 6) is -0.948. The Morgan fingerprint density at radius 1 is 1.08 bits per heavy atom. The Bertz CT molecular complexity index is 836.